The number of hydrogen-bond donors (Lipinski definition) is 2. The molecule has 2 aromatic carbocycles. The number of carbonyl (C=O) groups is 1. The van der Waals surface area contributed by atoms with Gasteiger partial charge in [0, 0.05) is 36.0 Å². The number of amides is 1. The van der Waals surface area contributed by atoms with Crippen LogP contribution in [0.1, 0.15) is 21.5 Å². The molecule has 0 unspecified atom stereocenters. The van der Waals surface area contributed by atoms with Crippen molar-refractivity contribution in [2.75, 3.05) is 46.2 Å². The van der Waals surface area contributed by atoms with E-state index in [0.29, 0.717) is 47.9 Å². The Bertz CT molecular complexity index is 855. The molecule has 0 bridgehead atoms. The van der Waals surface area contributed by atoms with E-state index in [1.807, 2.05) is 19.0 Å². The number of benzene rings is 2. The fourth-order valence-electron chi connectivity index (χ4n) is 3.18. The molecule has 0 radical (unpaired) electrons. The minimum atomic E-state index is -0.278. The first-order chi connectivity index (χ1) is 13.5. The number of fused-ring (bicyclic) bond motifs is 1. The third-order valence-electron chi connectivity index (χ3n) is 4.69. The van der Waals surface area contributed by atoms with Gasteiger partial charge in [-0.25, -0.2) is 4.39 Å². The molecule has 2 aromatic rings. The molecule has 0 spiro atoms. The van der Waals surface area contributed by atoms with E-state index in [1.54, 1.807) is 31.4 Å². The van der Waals surface area contributed by atoms with Crippen molar-refractivity contribution in [2.45, 2.75) is 13.0 Å². The van der Waals surface area contributed by atoms with E-state index in [1.165, 1.54) is 6.07 Å². The van der Waals surface area contributed by atoms with Crippen LogP contribution in [-0.2, 0) is 13.0 Å². The van der Waals surface area contributed by atoms with Crippen molar-refractivity contribution in [3.63, 3.8) is 0 Å². The van der Waals surface area contributed by atoms with Crippen molar-refractivity contribution < 1.29 is 18.7 Å². The zero-order chi connectivity index (χ0) is 20.1. The zero-order valence-electron chi connectivity index (χ0n) is 16.5. The maximum Gasteiger partial charge on any atom is 0.255 e. The minimum Gasteiger partial charge on any atom is -0.493 e. The number of ether oxygens (including phenoxy) is 2. The van der Waals surface area contributed by atoms with Gasteiger partial charge in [0.1, 0.15) is 12.4 Å². The van der Waals surface area contributed by atoms with Crippen LogP contribution in [0.25, 0.3) is 0 Å². The summed E-state index contributed by atoms with van der Waals surface area (Å²) in [7, 11) is 5.51. The summed E-state index contributed by atoms with van der Waals surface area (Å²) in [5, 5.41) is 6.03. The molecule has 0 fully saturated rings. The molecule has 0 aromatic heterocycles. The molecule has 6 nitrogen and oxygen atoms in total. The van der Waals surface area contributed by atoms with Crippen LogP contribution in [0.4, 0.5) is 10.1 Å². The van der Waals surface area contributed by atoms with Crippen LogP contribution < -0.4 is 20.1 Å². The SMILES string of the molecule is COc1ccc(NC(=O)c2ccc(F)c3c2CCNC3)cc1OCCN(C)C. The number of nitrogens with zero attached hydrogens (tertiary/aromatic N) is 1. The van der Waals surface area contributed by atoms with E-state index >= 15 is 0 Å². The zero-order valence-corrected chi connectivity index (χ0v) is 16.5. The molecule has 1 aliphatic rings. The predicted molar refractivity (Wildman–Crippen MR) is 107 cm³/mol. The maximum atomic E-state index is 14.0. The van der Waals surface area contributed by atoms with Gasteiger partial charge in [-0.3, -0.25) is 4.79 Å². The molecular formula is C21H26FN3O3. The highest BCUT2D eigenvalue weighted by molar-refractivity contribution is 6.05. The molecule has 1 heterocycles. The molecular weight excluding hydrogens is 361 g/mol. The second-order valence-corrected chi connectivity index (χ2v) is 6.95. The van der Waals surface area contributed by atoms with E-state index in [4.69, 9.17) is 9.47 Å². The fourth-order valence-corrected chi connectivity index (χ4v) is 3.18. The van der Waals surface area contributed by atoms with Gasteiger partial charge in [0.2, 0.25) is 0 Å². The van der Waals surface area contributed by atoms with E-state index < -0.39 is 0 Å². The van der Waals surface area contributed by atoms with Crippen molar-refractivity contribution in [1.29, 1.82) is 0 Å². The summed E-state index contributed by atoms with van der Waals surface area (Å²) in [6, 6.07) is 8.15. The molecule has 0 atom stereocenters. The summed E-state index contributed by atoms with van der Waals surface area (Å²) in [6.45, 7) is 2.42. The molecule has 0 saturated heterocycles. The normalized spacial score (nSPS) is 13.2. The molecule has 2 N–H and O–H groups in total. The lowest BCUT2D eigenvalue weighted by Gasteiger charge is -2.21. The second kappa shape index (κ2) is 9.03. The molecule has 3 rings (SSSR count). The first kappa shape index (κ1) is 20.1. The Morgan fingerprint density at radius 2 is 2.04 bits per heavy atom. The lowest BCUT2D eigenvalue weighted by atomic mass is 9.94. The highest BCUT2D eigenvalue weighted by Crippen LogP contribution is 2.31. The molecule has 7 heteroatoms. The van der Waals surface area contributed by atoms with Crippen molar-refractivity contribution in [3.8, 4) is 11.5 Å². The first-order valence-corrected chi connectivity index (χ1v) is 9.27. The quantitative estimate of drug-likeness (QED) is 0.765. The van der Waals surface area contributed by atoms with Crippen LogP contribution >= 0.6 is 0 Å². The van der Waals surface area contributed by atoms with Gasteiger partial charge in [0.05, 0.1) is 7.11 Å². The molecule has 28 heavy (non-hydrogen) atoms. The van der Waals surface area contributed by atoms with Crippen molar-refractivity contribution in [2.24, 2.45) is 0 Å². The standard InChI is InChI=1S/C21H26FN3O3/c1-25(2)10-11-28-20-12-14(4-7-19(20)27-3)24-21(26)16-5-6-18(22)17-13-23-9-8-15(16)17/h4-7,12,23H,8-11,13H2,1-3H3,(H,24,26). The number of anilines is 1. The van der Waals surface area contributed by atoms with Gasteiger partial charge in [-0.05, 0) is 56.9 Å². The average molecular weight is 387 g/mol. The lowest BCUT2D eigenvalue weighted by molar-refractivity contribution is 0.102. The van der Waals surface area contributed by atoms with E-state index in [-0.39, 0.29) is 11.7 Å². The highest BCUT2D eigenvalue weighted by Gasteiger charge is 2.21. The Kier molecular flexibility index (Phi) is 6.49. The number of likely N-dealkylation sites (N-methyl/N-ethyl adjacent to an activating group) is 1. The summed E-state index contributed by atoms with van der Waals surface area (Å²) < 4.78 is 25.2. The van der Waals surface area contributed by atoms with Crippen LogP contribution in [0.15, 0.2) is 30.3 Å². The molecule has 1 amide bonds. The average Bonchev–Trinajstić information content (AvgIpc) is 2.68. The molecule has 0 saturated carbocycles. The highest BCUT2D eigenvalue weighted by atomic mass is 19.1. The first-order valence-electron chi connectivity index (χ1n) is 9.27. The van der Waals surface area contributed by atoms with E-state index in [9.17, 15) is 9.18 Å². The number of rotatable bonds is 7. The van der Waals surface area contributed by atoms with Crippen LogP contribution in [-0.4, -0.2) is 51.7 Å². The van der Waals surface area contributed by atoms with Crippen LogP contribution in [0.3, 0.4) is 0 Å². The molecule has 0 aliphatic carbocycles. The Hall–Kier alpha value is -2.64. The van der Waals surface area contributed by atoms with Crippen molar-refractivity contribution in [3.05, 3.63) is 52.8 Å². The number of carbonyl (C=O) groups excluding carboxylic acids is 1. The predicted octanol–water partition coefficient (Wildman–Crippen LogP) is 2.67. The smallest absolute Gasteiger partial charge is 0.255 e. The number of halogens is 1. The van der Waals surface area contributed by atoms with E-state index in [0.717, 1.165) is 18.7 Å². The number of nitrogens with one attached hydrogen (secondary N) is 2. The van der Waals surface area contributed by atoms with Gasteiger partial charge in [-0.1, -0.05) is 0 Å². The van der Waals surface area contributed by atoms with Crippen molar-refractivity contribution in [1.82, 2.24) is 10.2 Å². The topological polar surface area (TPSA) is 62.8 Å². The summed E-state index contributed by atoms with van der Waals surface area (Å²) in [6.07, 6.45) is 0.622. The third-order valence-corrected chi connectivity index (χ3v) is 4.69. The number of hydrogen-bond acceptors (Lipinski definition) is 5. The van der Waals surface area contributed by atoms with Gasteiger partial charge in [0.25, 0.3) is 5.91 Å². The Morgan fingerprint density at radius 3 is 2.79 bits per heavy atom. The van der Waals surface area contributed by atoms with Crippen molar-refractivity contribution >= 4 is 11.6 Å². The van der Waals surface area contributed by atoms with Gasteiger partial charge >= 0.3 is 0 Å². The van der Waals surface area contributed by atoms with Gasteiger partial charge < -0.3 is 25.0 Å². The summed E-state index contributed by atoms with van der Waals surface area (Å²) in [4.78, 5) is 14.9. The summed E-state index contributed by atoms with van der Waals surface area (Å²) in [5.74, 6) is 0.622. The third kappa shape index (κ3) is 4.61. The Labute approximate surface area is 164 Å². The summed E-state index contributed by atoms with van der Waals surface area (Å²) in [5.41, 5.74) is 2.44. The minimum absolute atomic E-state index is 0.262. The maximum absolute atomic E-state index is 14.0. The van der Waals surface area contributed by atoms with Gasteiger partial charge in [-0.2, -0.15) is 0 Å². The Morgan fingerprint density at radius 1 is 1.21 bits per heavy atom. The Balaban J connectivity index is 1.79. The van der Waals surface area contributed by atoms with Crippen LogP contribution in [0.2, 0.25) is 0 Å². The number of methoxy groups -OCH3 is 1. The fraction of sp³-hybridized carbons (Fsp3) is 0.381. The summed E-state index contributed by atoms with van der Waals surface area (Å²) >= 11 is 0. The molecule has 1 aliphatic heterocycles. The lowest BCUT2D eigenvalue weighted by Crippen LogP contribution is -2.27. The largest absolute Gasteiger partial charge is 0.493 e. The van der Waals surface area contributed by atoms with Gasteiger partial charge in [-0.15, -0.1) is 0 Å². The second-order valence-electron chi connectivity index (χ2n) is 6.95. The van der Waals surface area contributed by atoms with Gasteiger partial charge in [0.15, 0.2) is 11.5 Å². The van der Waals surface area contributed by atoms with Crippen LogP contribution in [0.5, 0.6) is 11.5 Å². The van der Waals surface area contributed by atoms with Crippen LogP contribution in [0, 0.1) is 5.82 Å². The molecule has 150 valence electrons. The van der Waals surface area contributed by atoms with E-state index in [2.05, 4.69) is 10.6 Å². The monoisotopic (exact) mass is 387 g/mol.